The molecule has 1 aromatic heterocycles. The maximum atomic E-state index is 5.75. The Bertz CT molecular complexity index is 564. The summed E-state index contributed by atoms with van der Waals surface area (Å²) in [4.78, 5) is 8.47. The first kappa shape index (κ1) is 12.4. The van der Waals surface area contributed by atoms with Crippen LogP contribution in [-0.2, 0) is 0 Å². The van der Waals surface area contributed by atoms with E-state index >= 15 is 0 Å². The van der Waals surface area contributed by atoms with Crippen LogP contribution >= 0.6 is 0 Å². The molecule has 0 fully saturated rings. The second-order valence-corrected chi connectivity index (χ2v) is 4.27. The second kappa shape index (κ2) is 5.04. The summed E-state index contributed by atoms with van der Waals surface area (Å²) in [6.45, 7) is 7.02. The molecular formula is C14H18N4. The van der Waals surface area contributed by atoms with Gasteiger partial charge < -0.3 is 11.1 Å². The Labute approximate surface area is 107 Å². The summed E-state index contributed by atoms with van der Waals surface area (Å²) in [6, 6.07) is 8.11. The van der Waals surface area contributed by atoms with Crippen LogP contribution in [0.25, 0.3) is 11.3 Å². The summed E-state index contributed by atoms with van der Waals surface area (Å²) in [5.74, 6) is 1.06. The van der Waals surface area contributed by atoms with E-state index in [1.54, 1.807) is 0 Å². The molecule has 0 saturated carbocycles. The molecule has 94 valence electrons. The van der Waals surface area contributed by atoms with Gasteiger partial charge in [0.1, 0.15) is 5.82 Å². The SMILES string of the molecule is CCNc1cc(-c2cccc(C)c2C)nc(N)n1. The van der Waals surface area contributed by atoms with Gasteiger partial charge in [-0.15, -0.1) is 0 Å². The molecular weight excluding hydrogens is 224 g/mol. The van der Waals surface area contributed by atoms with Crippen LogP contribution in [0.5, 0.6) is 0 Å². The van der Waals surface area contributed by atoms with Gasteiger partial charge in [0.15, 0.2) is 0 Å². The highest BCUT2D eigenvalue weighted by atomic mass is 15.1. The Morgan fingerprint density at radius 3 is 2.72 bits per heavy atom. The first-order valence-corrected chi connectivity index (χ1v) is 6.07. The van der Waals surface area contributed by atoms with Crippen molar-refractivity contribution in [3.8, 4) is 11.3 Å². The zero-order valence-electron chi connectivity index (χ0n) is 11.0. The normalized spacial score (nSPS) is 10.4. The molecule has 0 unspecified atom stereocenters. The van der Waals surface area contributed by atoms with Crippen molar-refractivity contribution in [1.82, 2.24) is 9.97 Å². The number of benzene rings is 1. The van der Waals surface area contributed by atoms with Crippen molar-refractivity contribution in [2.24, 2.45) is 0 Å². The largest absolute Gasteiger partial charge is 0.370 e. The van der Waals surface area contributed by atoms with E-state index in [1.165, 1.54) is 11.1 Å². The summed E-state index contributed by atoms with van der Waals surface area (Å²) < 4.78 is 0. The molecule has 0 aliphatic heterocycles. The highest BCUT2D eigenvalue weighted by Crippen LogP contribution is 2.25. The molecule has 1 heterocycles. The van der Waals surface area contributed by atoms with Gasteiger partial charge in [-0.2, -0.15) is 4.98 Å². The van der Waals surface area contributed by atoms with Crippen LogP contribution in [0.1, 0.15) is 18.1 Å². The second-order valence-electron chi connectivity index (χ2n) is 4.27. The van der Waals surface area contributed by atoms with Gasteiger partial charge in [0, 0.05) is 18.2 Å². The van der Waals surface area contributed by atoms with E-state index in [2.05, 4.69) is 41.3 Å². The van der Waals surface area contributed by atoms with Gasteiger partial charge in [-0.3, -0.25) is 0 Å². The summed E-state index contributed by atoms with van der Waals surface area (Å²) in [5.41, 5.74) is 10.2. The minimum absolute atomic E-state index is 0.296. The molecule has 4 heteroatoms. The Balaban J connectivity index is 2.53. The van der Waals surface area contributed by atoms with Crippen LogP contribution in [0.2, 0.25) is 0 Å². The molecule has 0 bridgehead atoms. The molecule has 2 aromatic rings. The highest BCUT2D eigenvalue weighted by molar-refractivity contribution is 5.68. The minimum atomic E-state index is 0.296. The lowest BCUT2D eigenvalue weighted by molar-refractivity contribution is 1.12. The molecule has 0 amide bonds. The van der Waals surface area contributed by atoms with Crippen LogP contribution in [0.15, 0.2) is 24.3 Å². The first-order chi connectivity index (χ1) is 8.61. The van der Waals surface area contributed by atoms with Crippen LogP contribution in [-0.4, -0.2) is 16.5 Å². The van der Waals surface area contributed by atoms with Crippen molar-refractivity contribution < 1.29 is 0 Å². The van der Waals surface area contributed by atoms with Crippen LogP contribution in [0.3, 0.4) is 0 Å². The highest BCUT2D eigenvalue weighted by Gasteiger charge is 2.08. The monoisotopic (exact) mass is 242 g/mol. The lowest BCUT2D eigenvalue weighted by Crippen LogP contribution is -2.04. The molecule has 1 aromatic carbocycles. The van der Waals surface area contributed by atoms with E-state index < -0.39 is 0 Å². The molecule has 18 heavy (non-hydrogen) atoms. The van der Waals surface area contributed by atoms with Crippen molar-refractivity contribution in [2.75, 3.05) is 17.6 Å². The fraction of sp³-hybridized carbons (Fsp3) is 0.286. The number of anilines is 2. The Hall–Kier alpha value is -2.10. The van der Waals surface area contributed by atoms with E-state index in [-0.39, 0.29) is 0 Å². The van der Waals surface area contributed by atoms with Crippen LogP contribution in [0.4, 0.5) is 11.8 Å². The summed E-state index contributed by atoms with van der Waals surface area (Å²) in [6.07, 6.45) is 0. The van der Waals surface area contributed by atoms with Gasteiger partial charge in [0.2, 0.25) is 5.95 Å². The molecule has 0 spiro atoms. The first-order valence-electron chi connectivity index (χ1n) is 6.07. The molecule has 4 nitrogen and oxygen atoms in total. The summed E-state index contributed by atoms with van der Waals surface area (Å²) >= 11 is 0. The standard InChI is InChI=1S/C14H18N4/c1-4-16-13-8-12(17-14(15)18-13)11-7-5-6-9(2)10(11)3/h5-8H,4H2,1-3H3,(H3,15,16,17,18). The maximum absolute atomic E-state index is 5.75. The molecule has 2 rings (SSSR count). The quantitative estimate of drug-likeness (QED) is 0.868. The Morgan fingerprint density at radius 1 is 1.22 bits per heavy atom. The molecule has 0 radical (unpaired) electrons. The third-order valence-corrected chi connectivity index (χ3v) is 2.98. The molecule has 0 aliphatic carbocycles. The smallest absolute Gasteiger partial charge is 0.222 e. The molecule has 0 aliphatic rings. The summed E-state index contributed by atoms with van der Waals surface area (Å²) in [7, 11) is 0. The van der Waals surface area contributed by atoms with Gasteiger partial charge in [-0.1, -0.05) is 18.2 Å². The zero-order valence-corrected chi connectivity index (χ0v) is 11.0. The van der Waals surface area contributed by atoms with Crippen LogP contribution < -0.4 is 11.1 Å². The number of aryl methyl sites for hydroxylation is 1. The number of nitrogens with one attached hydrogen (secondary N) is 1. The number of aromatic nitrogens is 2. The van der Waals surface area contributed by atoms with E-state index in [4.69, 9.17) is 5.73 Å². The lowest BCUT2D eigenvalue weighted by Gasteiger charge is -2.10. The number of nitrogens with two attached hydrogens (primary N) is 1. The van der Waals surface area contributed by atoms with Crippen LogP contribution in [0, 0.1) is 13.8 Å². The number of nitrogens with zero attached hydrogens (tertiary/aromatic N) is 2. The predicted octanol–water partition coefficient (Wildman–Crippen LogP) is 2.77. The molecule has 3 N–H and O–H groups in total. The van der Waals surface area contributed by atoms with E-state index in [0.29, 0.717) is 5.95 Å². The average Bonchev–Trinajstić information content (AvgIpc) is 2.32. The third-order valence-electron chi connectivity index (χ3n) is 2.98. The average molecular weight is 242 g/mol. The van der Waals surface area contributed by atoms with Gasteiger partial charge in [0.25, 0.3) is 0 Å². The number of nitrogen functional groups attached to an aromatic ring is 1. The van der Waals surface area contributed by atoms with E-state index in [0.717, 1.165) is 23.6 Å². The topological polar surface area (TPSA) is 63.8 Å². The predicted molar refractivity (Wildman–Crippen MR) is 75.5 cm³/mol. The minimum Gasteiger partial charge on any atom is -0.370 e. The Morgan fingerprint density at radius 2 is 2.00 bits per heavy atom. The third kappa shape index (κ3) is 2.42. The fourth-order valence-electron chi connectivity index (χ4n) is 1.90. The van der Waals surface area contributed by atoms with Crippen molar-refractivity contribution in [3.05, 3.63) is 35.4 Å². The molecule has 0 atom stereocenters. The van der Waals surface area contributed by atoms with E-state index in [1.807, 2.05) is 19.1 Å². The van der Waals surface area contributed by atoms with E-state index in [9.17, 15) is 0 Å². The van der Waals surface area contributed by atoms with Crippen molar-refractivity contribution in [2.45, 2.75) is 20.8 Å². The zero-order chi connectivity index (χ0) is 13.1. The Kier molecular flexibility index (Phi) is 3.46. The number of hydrogen-bond acceptors (Lipinski definition) is 4. The number of rotatable bonds is 3. The van der Waals surface area contributed by atoms with Gasteiger partial charge in [-0.25, -0.2) is 4.98 Å². The fourth-order valence-corrected chi connectivity index (χ4v) is 1.90. The van der Waals surface area contributed by atoms with Gasteiger partial charge in [0.05, 0.1) is 5.69 Å². The van der Waals surface area contributed by atoms with Crippen molar-refractivity contribution >= 4 is 11.8 Å². The number of hydrogen-bond donors (Lipinski definition) is 2. The van der Waals surface area contributed by atoms with Crippen molar-refractivity contribution in [1.29, 1.82) is 0 Å². The van der Waals surface area contributed by atoms with Gasteiger partial charge in [-0.05, 0) is 31.9 Å². The summed E-state index contributed by atoms with van der Waals surface area (Å²) in [5, 5.41) is 3.16. The maximum Gasteiger partial charge on any atom is 0.222 e. The van der Waals surface area contributed by atoms with Crippen molar-refractivity contribution in [3.63, 3.8) is 0 Å². The lowest BCUT2D eigenvalue weighted by atomic mass is 10.0. The van der Waals surface area contributed by atoms with Gasteiger partial charge >= 0.3 is 0 Å². The molecule has 0 saturated heterocycles.